The van der Waals surface area contributed by atoms with E-state index in [0.717, 1.165) is 38.8 Å². The van der Waals surface area contributed by atoms with Crippen molar-refractivity contribution in [3.05, 3.63) is 18.0 Å². The molecular formula is C16H23N3O3. The molecule has 0 bridgehead atoms. The lowest BCUT2D eigenvalue weighted by Gasteiger charge is -2.32. The second-order valence-corrected chi connectivity index (χ2v) is 6.83. The summed E-state index contributed by atoms with van der Waals surface area (Å²) in [5.74, 6) is -0.446. The van der Waals surface area contributed by atoms with Gasteiger partial charge in [-0.15, -0.1) is 0 Å². The quantitative estimate of drug-likeness (QED) is 0.925. The summed E-state index contributed by atoms with van der Waals surface area (Å²) in [5.41, 5.74) is 0.432. The number of carbonyl (C=O) groups is 2. The first-order chi connectivity index (χ1) is 10.4. The highest BCUT2D eigenvalue weighted by atomic mass is 16.4. The van der Waals surface area contributed by atoms with Crippen LogP contribution in [0.25, 0.3) is 0 Å². The van der Waals surface area contributed by atoms with E-state index in [1.807, 2.05) is 4.90 Å². The molecule has 1 saturated heterocycles. The Morgan fingerprint density at radius 2 is 2.09 bits per heavy atom. The lowest BCUT2D eigenvalue weighted by Crippen LogP contribution is -2.40. The number of carboxylic acid groups (broad SMARTS) is 1. The van der Waals surface area contributed by atoms with Gasteiger partial charge >= 0.3 is 5.97 Å². The van der Waals surface area contributed by atoms with Crippen molar-refractivity contribution < 1.29 is 14.7 Å². The summed E-state index contributed by atoms with van der Waals surface area (Å²) in [6, 6.07) is 0.189. The first-order valence-corrected chi connectivity index (χ1v) is 8.01. The first kappa shape index (κ1) is 15.1. The number of carboxylic acids is 1. The minimum absolute atomic E-state index is 0.189. The summed E-state index contributed by atoms with van der Waals surface area (Å²) in [7, 11) is 0. The van der Waals surface area contributed by atoms with Gasteiger partial charge in [-0.1, -0.05) is 13.8 Å². The highest BCUT2D eigenvalue weighted by Gasteiger charge is 2.54. The van der Waals surface area contributed by atoms with E-state index >= 15 is 0 Å². The molecule has 2 heterocycles. The van der Waals surface area contributed by atoms with E-state index in [1.54, 1.807) is 10.9 Å². The number of piperidine rings is 1. The zero-order valence-corrected chi connectivity index (χ0v) is 13.2. The number of likely N-dealkylation sites (tertiary alicyclic amines) is 1. The van der Waals surface area contributed by atoms with Crippen molar-refractivity contribution in [2.45, 2.75) is 45.6 Å². The van der Waals surface area contributed by atoms with Crippen LogP contribution >= 0.6 is 0 Å². The zero-order valence-electron chi connectivity index (χ0n) is 13.2. The van der Waals surface area contributed by atoms with E-state index in [2.05, 4.69) is 18.9 Å². The van der Waals surface area contributed by atoms with Crippen LogP contribution in [0.5, 0.6) is 0 Å². The molecule has 2 aliphatic rings. The van der Waals surface area contributed by atoms with Crippen LogP contribution in [0.4, 0.5) is 0 Å². The number of aromatic nitrogens is 2. The Kier molecular flexibility index (Phi) is 3.70. The first-order valence-electron chi connectivity index (χ1n) is 8.01. The fourth-order valence-corrected chi connectivity index (χ4v) is 3.40. The minimum Gasteiger partial charge on any atom is -0.478 e. The molecule has 1 N–H and O–H groups in total. The average molecular weight is 305 g/mol. The Morgan fingerprint density at radius 3 is 2.59 bits per heavy atom. The van der Waals surface area contributed by atoms with E-state index < -0.39 is 5.97 Å². The number of amides is 1. The summed E-state index contributed by atoms with van der Waals surface area (Å²) in [6.45, 7) is 5.82. The smallest absolute Gasteiger partial charge is 0.338 e. The second-order valence-electron chi connectivity index (χ2n) is 6.83. The molecule has 1 aliphatic carbocycles. The van der Waals surface area contributed by atoms with Crippen LogP contribution in [0.3, 0.4) is 0 Å². The van der Waals surface area contributed by atoms with Gasteiger partial charge in [0.2, 0.25) is 5.91 Å². The molecule has 0 spiro atoms. The van der Waals surface area contributed by atoms with Gasteiger partial charge in [-0.3, -0.25) is 9.48 Å². The topological polar surface area (TPSA) is 75.4 Å². The Labute approximate surface area is 130 Å². The molecule has 1 aromatic heterocycles. The highest BCUT2D eigenvalue weighted by Crippen LogP contribution is 2.55. The van der Waals surface area contributed by atoms with E-state index in [0.29, 0.717) is 5.91 Å². The minimum atomic E-state index is -0.952. The molecule has 6 nitrogen and oxygen atoms in total. The van der Waals surface area contributed by atoms with Gasteiger partial charge in [0.1, 0.15) is 0 Å². The third kappa shape index (κ3) is 2.62. The molecule has 1 saturated carbocycles. The fraction of sp³-hybridized carbons (Fsp3) is 0.688. The maximum absolute atomic E-state index is 12.5. The normalized spacial score (nSPS) is 28.6. The predicted octanol–water partition coefficient (Wildman–Crippen LogP) is 2.18. The van der Waals surface area contributed by atoms with Crippen molar-refractivity contribution in [1.82, 2.24) is 14.7 Å². The molecule has 0 aromatic carbocycles. The number of hydrogen-bond acceptors (Lipinski definition) is 3. The third-order valence-corrected chi connectivity index (χ3v) is 5.46. The van der Waals surface area contributed by atoms with Gasteiger partial charge < -0.3 is 10.0 Å². The molecule has 1 amide bonds. The molecule has 2 fully saturated rings. The summed E-state index contributed by atoms with van der Waals surface area (Å²) >= 11 is 0. The fourth-order valence-electron chi connectivity index (χ4n) is 3.40. The molecule has 1 aliphatic heterocycles. The lowest BCUT2D eigenvalue weighted by atomic mass is 10.0. The van der Waals surface area contributed by atoms with Crippen LogP contribution in [0.2, 0.25) is 0 Å². The summed E-state index contributed by atoms with van der Waals surface area (Å²) in [5, 5.41) is 13.1. The van der Waals surface area contributed by atoms with Crippen molar-refractivity contribution in [2.24, 2.45) is 11.3 Å². The molecule has 22 heavy (non-hydrogen) atoms. The van der Waals surface area contributed by atoms with Gasteiger partial charge in [-0.05, 0) is 31.1 Å². The molecule has 6 heteroatoms. The van der Waals surface area contributed by atoms with E-state index in [1.165, 1.54) is 6.20 Å². The van der Waals surface area contributed by atoms with Crippen molar-refractivity contribution in [3.63, 3.8) is 0 Å². The van der Waals surface area contributed by atoms with Gasteiger partial charge in [-0.25, -0.2) is 4.79 Å². The maximum Gasteiger partial charge on any atom is 0.338 e. The van der Waals surface area contributed by atoms with Gasteiger partial charge in [0.05, 0.1) is 17.8 Å². The van der Waals surface area contributed by atoms with Crippen LogP contribution in [-0.4, -0.2) is 44.8 Å². The van der Waals surface area contributed by atoms with Gasteiger partial charge in [0, 0.05) is 25.2 Å². The molecular weight excluding hydrogens is 282 g/mol. The van der Waals surface area contributed by atoms with Crippen molar-refractivity contribution in [3.8, 4) is 0 Å². The number of hydrogen-bond donors (Lipinski definition) is 1. The largest absolute Gasteiger partial charge is 0.478 e. The number of carbonyl (C=O) groups excluding carboxylic acids is 1. The summed E-state index contributed by atoms with van der Waals surface area (Å²) < 4.78 is 1.73. The molecule has 120 valence electrons. The van der Waals surface area contributed by atoms with Crippen molar-refractivity contribution >= 4 is 11.9 Å². The number of aromatic carboxylic acids is 1. The second kappa shape index (κ2) is 5.41. The molecule has 0 radical (unpaired) electrons. The molecule has 2 atom stereocenters. The van der Waals surface area contributed by atoms with Gasteiger partial charge in [0.25, 0.3) is 0 Å². The predicted molar refractivity (Wildman–Crippen MR) is 80.5 cm³/mol. The van der Waals surface area contributed by atoms with Crippen LogP contribution in [-0.2, 0) is 4.79 Å². The lowest BCUT2D eigenvalue weighted by molar-refractivity contribution is -0.134. The van der Waals surface area contributed by atoms with Crippen LogP contribution in [0, 0.1) is 11.3 Å². The highest BCUT2D eigenvalue weighted by molar-refractivity contribution is 5.86. The van der Waals surface area contributed by atoms with E-state index in [4.69, 9.17) is 5.11 Å². The Morgan fingerprint density at radius 1 is 1.41 bits per heavy atom. The van der Waals surface area contributed by atoms with Gasteiger partial charge in [0.15, 0.2) is 0 Å². The van der Waals surface area contributed by atoms with Gasteiger partial charge in [-0.2, -0.15) is 5.10 Å². The Balaban J connectivity index is 1.56. The van der Waals surface area contributed by atoms with E-state index in [-0.39, 0.29) is 22.9 Å². The number of nitrogens with zero attached hydrogens (tertiary/aromatic N) is 3. The average Bonchev–Trinajstić information content (AvgIpc) is 2.98. The van der Waals surface area contributed by atoms with Crippen molar-refractivity contribution in [2.75, 3.05) is 13.1 Å². The third-order valence-electron chi connectivity index (χ3n) is 5.46. The molecule has 3 rings (SSSR count). The monoisotopic (exact) mass is 305 g/mol. The summed E-state index contributed by atoms with van der Waals surface area (Å²) in [6.07, 6.45) is 6.72. The Hall–Kier alpha value is -1.85. The van der Waals surface area contributed by atoms with Crippen LogP contribution in [0.1, 0.15) is 55.9 Å². The zero-order chi connectivity index (χ0) is 15.9. The van der Waals surface area contributed by atoms with Crippen LogP contribution < -0.4 is 0 Å². The maximum atomic E-state index is 12.5. The van der Waals surface area contributed by atoms with Crippen molar-refractivity contribution in [1.29, 1.82) is 0 Å². The van der Waals surface area contributed by atoms with E-state index in [9.17, 15) is 9.59 Å². The summed E-state index contributed by atoms with van der Waals surface area (Å²) in [4.78, 5) is 25.4. The molecule has 2 unspecified atom stereocenters. The number of rotatable bonds is 4. The standard InChI is InChI=1S/C16H23N3O3/c1-3-16(2)8-13(16)14(20)18-6-4-12(5-7-18)19-10-11(9-17-19)15(21)22/h9-10,12-13H,3-8H2,1-2H3,(H,21,22). The molecule has 1 aromatic rings. The SMILES string of the molecule is CCC1(C)CC1C(=O)N1CCC(n2cc(C(=O)O)cn2)CC1. The Bertz CT molecular complexity index is 589. The van der Waals surface area contributed by atoms with Crippen LogP contribution in [0.15, 0.2) is 12.4 Å².